The van der Waals surface area contributed by atoms with Gasteiger partial charge in [-0.25, -0.2) is 0 Å². The van der Waals surface area contributed by atoms with Crippen molar-refractivity contribution < 1.29 is 19.4 Å². The van der Waals surface area contributed by atoms with Crippen LogP contribution >= 0.6 is 0 Å². The Balaban J connectivity index is 2.07. The van der Waals surface area contributed by atoms with Crippen LogP contribution in [-0.4, -0.2) is 74.5 Å². The lowest BCUT2D eigenvalue weighted by atomic mass is 9.93. The van der Waals surface area contributed by atoms with Crippen LogP contribution in [0.4, 0.5) is 5.69 Å². The fraction of sp³-hybridized carbons (Fsp3) is 0.429. The molecule has 2 aromatic carbocycles. The molecule has 0 spiro atoms. The second-order valence-corrected chi connectivity index (χ2v) is 9.46. The Kier molecular flexibility index (Phi) is 8.57. The molecule has 2 aromatic rings. The van der Waals surface area contributed by atoms with Gasteiger partial charge in [0.05, 0.1) is 18.2 Å². The van der Waals surface area contributed by atoms with Crippen molar-refractivity contribution >= 4 is 23.1 Å². The lowest BCUT2D eigenvalue weighted by molar-refractivity contribution is -0.139. The van der Waals surface area contributed by atoms with E-state index in [1.807, 2.05) is 82.2 Å². The normalized spacial score (nSPS) is 17.3. The zero-order valence-corrected chi connectivity index (χ0v) is 21.7. The molecule has 1 fully saturated rings. The second-order valence-electron chi connectivity index (χ2n) is 9.46. The van der Waals surface area contributed by atoms with Gasteiger partial charge in [0, 0.05) is 31.9 Å². The first-order valence-electron chi connectivity index (χ1n) is 12.1. The molecule has 1 aliphatic rings. The number of rotatable bonds is 10. The first-order valence-corrected chi connectivity index (χ1v) is 12.1. The maximum absolute atomic E-state index is 13.3. The number of ether oxygens (including phenoxy) is 1. The number of carbonyl (C=O) groups excluding carboxylic acids is 2. The Bertz CT molecular complexity index is 1090. The maximum atomic E-state index is 13.3. The summed E-state index contributed by atoms with van der Waals surface area (Å²) in [4.78, 5) is 32.0. The van der Waals surface area contributed by atoms with Gasteiger partial charge in [-0.15, -0.1) is 0 Å². The van der Waals surface area contributed by atoms with Crippen LogP contribution in [-0.2, 0) is 9.59 Å². The fourth-order valence-corrected chi connectivity index (χ4v) is 4.33. The van der Waals surface area contributed by atoms with Crippen molar-refractivity contribution in [2.75, 3.05) is 52.8 Å². The highest BCUT2D eigenvalue weighted by molar-refractivity contribution is 6.46. The number of likely N-dealkylation sites (tertiary alicyclic amines) is 1. The summed E-state index contributed by atoms with van der Waals surface area (Å²) in [6, 6.07) is 12.5. The lowest BCUT2D eigenvalue weighted by Gasteiger charge is -2.26. The van der Waals surface area contributed by atoms with Crippen molar-refractivity contribution in [3.05, 3.63) is 64.7 Å². The molecule has 1 aliphatic heterocycles. The van der Waals surface area contributed by atoms with Gasteiger partial charge in [0.25, 0.3) is 11.7 Å². The van der Waals surface area contributed by atoms with Crippen LogP contribution in [0, 0.1) is 6.92 Å². The summed E-state index contributed by atoms with van der Waals surface area (Å²) in [7, 11) is 7.86. The molecule has 1 saturated heterocycles. The van der Waals surface area contributed by atoms with Crippen LogP contribution in [0.5, 0.6) is 5.75 Å². The third-order valence-corrected chi connectivity index (χ3v) is 6.20. The van der Waals surface area contributed by atoms with Gasteiger partial charge in [0.1, 0.15) is 11.5 Å². The first kappa shape index (κ1) is 26.3. The third-order valence-electron chi connectivity index (χ3n) is 6.20. The van der Waals surface area contributed by atoms with Crippen LogP contribution in [0.25, 0.3) is 5.76 Å². The number of amides is 1. The van der Waals surface area contributed by atoms with E-state index in [1.54, 1.807) is 17.0 Å². The summed E-state index contributed by atoms with van der Waals surface area (Å²) < 4.78 is 5.70. The predicted molar refractivity (Wildman–Crippen MR) is 140 cm³/mol. The highest BCUT2D eigenvalue weighted by Crippen LogP contribution is 2.40. The maximum Gasteiger partial charge on any atom is 0.295 e. The minimum absolute atomic E-state index is 0.128. The summed E-state index contributed by atoms with van der Waals surface area (Å²) in [5, 5.41) is 11.4. The minimum Gasteiger partial charge on any atom is -0.507 e. The molecular weight excluding hydrogens is 442 g/mol. The van der Waals surface area contributed by atoms with Gasteiger partial charge >= 0.3 is 0 Å². The first-order chi connectivity index (χ1) is 16.6. The molecule has 1 amide bonds. The number of anilines is 1. The Morgan fingerprint density at radius 2 is 1.74 bits per heavy atom. The van der Waals surface area contributed by atoms with E-state index >= 15 is 0 Å². The van der Waals surface area contributed by atoms with Gasteiger partial charge in [0.2, 0.25) is 0 Å². The molecule has 0 aliphatic carbocycles. The summed E-state index contributed by atoms with van der Waals surface area (Å²) >= 11 is 0. The number of aliphatic hydroxyl groups excluding tert-OH is 1. The zero-order valence-electron chi connectivity index (χ0n) is 21.7. The highest BCUT2D eigenvalue weighted by Gasteiger charge is 2.45. The fourth-order valence-electron chi connectivity index (χ4n) is 4.33. The van der Waals surface area contributed by atoms with Crippen LogP contribution in [0.15, 0.2) is 48.0 Å². The average molecular weight is 480 g/mol. The van der Waals surface area contributed by atoms with E-state index < -0.39 is 17.7 Å². The molecule has 188 valence electrons. The van der Waals surface area contributed by atoms with Gasteiger partial charge in [-0.1, -0.05) is 19.1 Å². The van der Waals surface area contributed by atoms with Crippen LogP contribution in [0.1, 0.15) is 42.5 Å². The molecular formula is C28H37N3O4. The van der Waals surface area contributed by atoms with Crippen molar-refractivity contribution in [2.45, 2.75) is 32.7 Å². The summed E-state index contributed by atoms with van der Waals surface area (Å²) in [6.07, 6.45) is 1.61. The Hall–Kier alpha value is -3.32. The Morgan fingerprint density at radius 3 is 2.31 bits per heavy atom. The van der Waals surface area contributed by atoms with E-state index in [0.717, 1.165) is 36.2 Å². The van der Waals surface area contributed by atoms with Gasteiger partial charge in [0.15, 0.2) is 0 Å². The highest BCUT2D eigenvalue weighted by atomic mass is 16.5. The van der Waals surface area contributed by atoms with Crippen LogP contribution < -0.4 is 9.64 Å². The largest absolute Gasteiger partial charge is 0.507 e. The third kappa shape index (κ3) is 5.85. The molecule has 0 unspecified atom stereocenters. The van der Waals surface area contributed by atoms with E-state index in [1.165, 1.54) is 0 Å². The minimum atomic E-state index is -0.653. The number of nitrogens with zero attached hydrogens (tertiary/aromatic N) is 3. The van der Waals surface area contributed by atoms with E-state index in [9.17, 15) is 14.7 Å². The number of aliphatic hydroxyl groups is 1. The van der Waals surface area contributed by atoms with Crippen molar-refractivity contribution in [2.24, 2.45) is 0 Å². The van der Waals surface area contributed by atoms with Gasteiger partial charge < -0.3 is 24.5 Å². The van der Waals surface area contributed by atoms with Gasteiger partial charge in [-0.05, 0) is 81.9 Å². The number of aryl methyl sites for hydroxylation is 1. The smallest absolute Gasteiger partial charge is 0.295 e. The molecule has 1 heterocycles. The van der Waals surface area contributed by atoms with Gasteiger partial charge in [-0.2, -0.15) is 0 Å². The summed E-state index contributed by atoms with van der Waals surface area (Å²) in [5.41, 5.74) is 3.23. The molecule has 3 rings (SSSR count). The SMILES string of the molecule is CCCOc1ccc(C(O)=C2C(=O)C(=O)N(CCCN(C)C)[C@@H]2c2ccc(N(C)C)cc2)c(C)c1. The quantitative estimate of drug-likeness (QED) is 0.312. The molecule has 0 radical (unpaired) electrons. The number of ketones is 1. The zero-order chi connectivity index (χ0) is 25.7. The topological polar surface area (TPSA) is 73.3 Å². The summed E-state index contributed by atoms with van der Waals surface area (Å²) in [5.74, 6) is -0.673. The Morgan fingerprint density at radius 1 is 1.06 bits per heavy atom. The molecule has 7 heteroatoms. The van der Waals surface area contributed by atoms with Gasteiger partial charge in [-0.3, -0.25) is 9.59 Å². The van der Waals surface area contributed by atoms with E-state index in [4.69, 9.17) is 4.74 Å². The average Bonchev–Trinajstić information content (AvgIpc) is 3.07. The standard InChI is InChI=1S/C28H37N3O4/c1-7-17-35-22-13-14-23(19(2)18-22)26(32)24-25(20-9-11-21(12-10-20)30(5)6)31(28(34)27(24)33)16-8-15-29(3)4/h9-14,18,25,32H,7-8,15-17H2,1-6H3/t25-/m1/s1. The molecule has 0 aromatic heterocycles. The number of hydrogen-bond donors (Lipinski definition) is 1. The van der Waals surface area contributed by atoms with Crippen molar-refractivity contribution in [1.82, 2.24) is 9.80 Å². The number of hydrogen-bond acceptors (Lipinski definition) is 6. The molecule has 0 saturated carbocycles. The van der Waals surface area contributed by atoms with Crippen LogP contribution in [0.2, 0.25) is 0 Å². The predicted octanol–water partition coefficient (Wildman–Crippen LogP) is 4.22. The number of Topliss-reactive ketones (excluding diaryl/α,β-unsaturated/α-hetero) is 1. The molecule has 1 atom stereocenters. The summed E-state index contributed by atoms with van der Waals surface area (Å²) in [6.45, 7) is 5.71. The lowest BCUT2D eigenvalue weighted by Crippen LogP contribution is -2.32. The molecule has 7 nitrogen and oxygen atoms in total. The second kappa shape index (κ2) is 11.4. The van der Waals surface area contributed by atoms with Crippen LogP contribution in [0.3, 0.4) is 0 Å². The van der Waals surface area contributed by atoms with Crippen molar-refractivity contribution in [3.63, 3.8) is 0 Å². The molecule has 1 N–H and O–H groups in total. The monoisotopic (exact) mass is 479 g/mol. The van der Waals surface area contributed by atoms with E-state index in [2.05, 4.69) is 0 Å². The van der Waals surface area contributed by atoms with Crippen molar-refractivity contribution in [3.8, 4) is 5.75 Å². The van der Waals surface area contributed by atoms with E-state index in [0.29, 0.717) is 24.5 Å². The number of carbonyl (C=O) groups is 2. The van der Waals surface area contributed by atoms with Crippen molar-refractivity contribution in [1.29, 1.82) is 0 Å². The van der Waals surface area contributed by atoms with E-state index in [-0.39, 0.29) is 11.3 Å². The Labute approximate surface area is 208 Å². The number of benzene rings is 2. The molecule has 35 heavy (non-hydrogen) atoms. The molecule has 0 bridgehead atoms.